The summed E-state index contributed by atoms with van der Waals surface area (Å²) in [6.07, 6.45) is 7.61. The summed E-state index contributed by atoms with van der Waals surface area (Å²) in [5.74, 6) is 0. The largest absolute Gasteiger partial charge is 0.312 e. The zero-order valence-corrected chi connectivity index (χ0v) is 14.1. The van der Waals surface area contributed by atoms with Gasteiger partial charge in [-0.3, -0.25) is 9.88 Å². The van der Waals surface area contributed by atoms with Crippen LogP contribution in [0.1, 0.15) is 52.5 Å². The Labute approximate surface area is 130 Å². The van der Waals surface area contributed by atoms with Crippen molar-refractivity contribution in [3.63, 3.8) is 0 Å². The minimum absolute atomic E-state index is 0.394. The standard InChI is InChI=1S/C18H31N3/c1-5-11-20-17-16(7-10-18(17,3)4)21(6-2)14-15-8-12-19-13-9-15/h8-9,12-13,16-17,20H,5-7,10-11,14H2,1-4H3. The van der Waals surface area contributed by atoms with Crippen molar-refractivity contribution in [2.75, 3.05) is 13.1 Å². The molecule has 3 heteroatoms. The van der Waals surface area contributed by atoms with Gasteiger partial charge in [-0.05, 0) is 55.5 Å². The SMILES string of the molecule is CCCNC1C(N(CC)Cc2ccncc2)CCC1(C)C. The number of pyridine rings is 1. The molecular formula is C18H31N3. The van der Waals surface area contributed by atoms with Gasteiger partial charge < -0.3 is 5.32 Å². The third kappa shape index (κ3) is 4.04. The fourth-order valence-electron chi connectivity index (χ4n) is 3.65. The van der Waals surface area contributed by atoms with Gasteiger partial charge in [-0.2, -0.15) is 0 Å². The summed E-state index contributed by atoms with van der Waals surface area (Å²) in [6, 6.07) is 5.51. The fourth-order valence-corrected chi connectivity index (χ4v) is 3.65. The summed E-state index contributed by atoms with van der Waals surface area (Å²) in [6.45, 7) is 12.6. The lowest BCUT2D eigenvalue weighted by atomic mass is 9.86. The van der Waals surface area contributed by atoms with Gasteiger partial charge >= 0.3 is 0 Å². The summed E-state index contributed by atoms with van der Waals surface area (Å²) < 4.78 is 0. The van der Waals surface area contributed by atoms with E-state index in [0.29, 0.717) is 17.5 Å². The minimum Gasteiger partial charge on any atom is -0.312 e. The maximum Gasteiger partial charge on any atom is 0.0274 e. The van der Waals surface area contributed by atoms with Gasteiger partial charge in [0.25, 0.3) is 0 Å². The Kier molecular flexibility index (Phi) is 5.77. The van der Waals surface area contributed by atoms with Gasteiger partial charge in [0, 0.05) is 31.0 Å². The number of hydrogen-bond donors (Lipinski definition) is 1. The normalized spacial score (nSPS) is 24.6. The molecule has 1 heterocycles. The number of hydrogen-bond acceptors (Lipinski definition) is 3. The van der Waals surface area contributed by atoms with Crippen LogP contribution < -0.4 is 5.32 Å². The van der Waals surface area contributed by atoms with Crippen molar-refractivity contribution >= 4 is 0 Å². The van der Waals surface area contributed by atoms with Gasteiger partial charge in [0.05, 0.1) is 0 Å². The van der Waals surface area contributed by atoms with Crippen LogP contribution in [0.2, 0.25) is 0 Å². The van der Waals surface area contributed by atoms with Gasteiger partial charge in [0.1, 0.15) is 0 Å². The van der Waals surface area contributed by atoms with E-state index in [1.165, 1.54) is 24.8 Å². The van der Waals surface area contributed by atoms with Crippen molar-refractivity contribution < 1.29 is 0 Å². The highest BCUT2D eigenvalue weighted by atomic mass is 15.2. The van der Waals surface area contributed by atoms with Crippen molar-refractivity contribution in [1.82, 2.24) is 15.2 Å². The van der Waals surface area contributed by atoms with Gasteiger partial charge in [-0.25, -0.2) is 0 Å². The van der Waals surface area contributed by atoms with Crippen molar-refractivity contribution in [3.8, 4) is 0 Å². The highest BCUT2D eigenvalue weighted by Gasteiger charge is 2.43. The van der Waals surface area contributed by atoms with E-state index in [-0.39, 0.29) is 0 Å². The number of aromatic nitrogens is 1. The van der Waals surface area contributed by atoms with Crippen LogP contribution in [0.4, 0.5) is 0 Å². The molecule has 21 heavy (non-hydrogen) atoms. The van der Waals surface area contributed by atoms with E-state index in [1.54, 1.807) is 0 Å². The first-order chi connectivity index (χ1) is 10.1. The molecule has 0 aliphatic heterocycles. The summed E-state index contributed by atoms with van der Waals surface area (Å²) >= 11 is 0. The molecule has 0 spiro atoms. The quantitative estimate of drug-likeness (QED) is 0.833. The van der Waals surface area contributed by atoms with E-state index >= 15 is 0 Å². The Morgan fingerprint density at radius 3 is 2.62 bits per heavy atom. The lowest BCUT2D eigenvalue weighted by molar-refractivity contribution is 0.143. The fraction of sp³-hybridized carbons (Fsp3) is 0.722. The number of nitrogens with one attached hydrogen (secondary N) is 1. The molecule has 2 atom stereocenters. The zero-order chi connectivity index (χ0) is 15.3. The molecule has 1 aromatic heterocycles. The van der Waals surface area contributed by atoms with Crippen LogP contribution >= 0.6 is 0 Å². The van der Waals surface area contributed by atoms with Crippen molar-refractivity contribution in [2.24, 2.45) is 5.41 Å². The monoisotopic (exact) mass is 289 g/mol. The number of nitrogens with zero attached hydrogens (tertiary/aromatic N) is 2. The van der Waals surface area contributed by atoms with Crippen LogP contribution in [0.25, 0.3) is 0 Å². The third-order valence-electron chi connectivity index (χ3n) is 4.94. The Hall–Kier alpha value is -0.930. The molecule has 1 aromatic rings. The minimum atomic E-state index is 0.394. The Morgan fingerprint density at radius 2 is 2.00 bits per heavy atom. The molecule has 0 aromatic carbocycles. The predicted molar refractivity (Wildman–Crippen MR) is 89.2 cm³/mol. The van der Waals surface area contributed by atoms with Crippen LogP contribution in [-0.4, -0.2) is 35.1 Å². The molecule has 1 aliphatic carbocycles. The lowest BCUT2D eigenvalue weighted by Crippen LogP contribution is -2.51. The smallest absolute Gasteiger partial charge is 0.0274 e. The van der Waals surface area contributed by atoms with Gasteiger partial charge in [0.2, 0.25) is 0 Å². The van der Waals surface area contributed by atoms with E-state index in [9.17, 15) is 0 Å². The highest BCUT2D eigenvalue weighted by Crippen LogP contribution is 2.40. The highest BCUT2D eigenvalue weighted by molar-refractivity contribution is 5.11. The second kappa shape index (κ2) is 7.37. The molecule has 0 saturated heterocycles. The maximum atomic E-state index is 4.12. The molecule has 3 nitrogen and oxygen atoms in total. The Balaban J connectivity index is 2.08. The molecule has 1 aliphatic rings. The van der Waals surface area contributed by atoms with Crippen molar-refractivity contribution in [3.05, 3.63) is 30.1 Å². The Morgan fingerprint density at radius 1 is 1.29 bits per heavy atom. The topological polar surface area (TPSA) is 28.2 Å². The summed E-state index contributed by atoms with van der Waals surface area (Å²) in [5, 5.41) is 3.82. The molecule has 2 rings (SSSR count). The maximum absolute atomic E-state index is 4.12. The van der Waals surface area contributed by atoms with Crippen LogP contribution in [0.15, 0.2) is 24.5 Å². The van der Waals surface area contributed by atoms with Gasteiger partial charge in [0.15, 0.2) is 0 Å². The first-order valence-corrected chi connectivity index (χ1v) is 8.44. The van der Waals surface area contributed by atoms with Gasteiger partial charge in [-0.1, -0.05) is 27.7 Å². The molecule has 118 valence electrons. The van der Waals surface area contributed by atoms with E-state index in [4.69, 9.17) is 0 Å². The average Bonchev–Trinajstić information content (AvgIpc) is 2.78. The van der Waals surface area contributed by atoms with Crippen LogP contribution in [-0.2, 0) is 6.54 Å². The molecule has 1 N–H and O–H groups in total. The molecule has 0 bridgehead atoms. The van der Waals surface area contributed by atoms with E-state index in [2.05, 4.69) is 55.0 Å². The molecule has 0 radical (unpaired) electrons. The first-order valence-electron chi connectivity index (χ1n) is 8.44. The third-order valence-corrected chi connectivity index (χ3v) is 4.94. The van der Waals surface area contributed by atoms with E-state index < -0.39 is 0 Å². The van der Waals surface area contributed by atoms with Crippen LogP contribution in [0.3, 0.4) is 0 Å². The second-order valence-corrected chi connectivity index (χ2v) is 6.94. The lowest BCUT2D eigenvalue weighted by Gasteiger charge is -2.37. The van der Waals surface area contributed by atoms with Crippen LogP contribution in [0.5, 0.6) is 0 Å². The zero-order valence-electron chi connectivity index (χ0n) is 14.1. The average molecular weight is 289 g/mol. The predicted octanol–water partition coefficient (Wildman–Crippen LogP) is 3.46. The molecule has 2 unspecified atom stereocenters. The van der Waals surface area contributed by atoms with Gasteiger partial charge in [-0.15, -0.1) is 0 Å². The molecule has 1 fully saturated rings. The molecular weight excluding hydrogens is 258 g/mol. The summed E-state index contributed by atoms with van der Waals surface area (Å²) in [4.78, 5) is 6.76. The summed E-state index contributed by atoms with van der Waals surface area (Å²) in [7, 11) is 0. The Bertz CT molecular complexity index is 416. The van der Waals surface area contributed by atoms with E-state index in [1.807, 2.05) is 12.4 Å². The van der Waals surface area contributed by atoms with Crippen molar-refractivity contribution in [2.45, 2.75) is 65.6 Å². The molecule has 1 saturated carbocycles. The second-order valence-electron chi connectivity index (χ2n) is 6.94. The molecule has 0 amide bonds. The summed E-state index contributed by atoms with van der Waals surface area (Å²) in [5.41, 5.74) is 1.76. The van der Waals surface area contributed by atoms with Crippen LogP contribution in [0, 0.1) is 5.41 Å². The number of rotatable bonds is 7. The van der Waals surface area contributed by atoms with Crippen molar-refractivity contribution in [1.29, 1.82) is 0 Å². The first kappa shape index (κ1) is 16.4. The number of likely N-dealkylation sites (N-methyl/N-ethyl adjacent to an activating group) is 1. The van der Waals surface area contributed by atoms with E-state index in [0.717, 1.165) is 19.6 Å².